The van der Waals surface area contributed by atoms with Gasteiger partial charge in [-0.05, 0) is 37.1 Å². The molecule has 0 aliphatic carbocycles. The molecule has 1 heterocycles. The Labute approximate surface area is 107 Å². The van der Waals surface area contributed by atoms with E-state index in [1.54, 1.807) is 19.4 Å². The first-order valence-electron chi connectivity index (χ1n) is 5.87. The zero-order chi connectivity index (χ0) is 13.1. The maximum Gasteiger partial charge on any atom is 0.219 e. The summed E-state index contributed by atoms with van der Waals surface area (Å²) in [4.78, 5) is 4.11. The molecule has 3 nitrogen and oxygen atoms in total. The molecule has 94 valence electrons. The summed E-state index contributed by atoms with van der Waals surface area (Å²) in [6, 6.07) is 9.67. The van der Waals surface area contributed by atoms with E-state index >= 15 is 0 Å². The molecule has 0 amide bonds. The third-order valence-electron chi connectivity index (χ3n) is 3.02. The molecule has 0 aliphatic rings. The van der Waals surface area contributed by atoms with Crippen LogP contribution in [0.1, 0.15) is 28.4 Å². The topological polar surface area (TPSA) is 42.4 Å². The first-order chi connectivity index (χ1) is 8.63. The van der Waals surface area contributed by atoms with Crippen LogP contribution in [0, 0.1) is 13.8 Å². The fourth-order valence-electron chi connectivity index (χ4n) is 2.00. The van der Waals surface area contributed by atoms with Gasteiger partial charge in [-0.25, -0.2) is 4.98 Å². The number of aryl methyl sites for hydroxylation is 2. The molecule has 0 saturated carbocycles. The van der Waals surface area contributed by atoms with Crippen molar-refractivity contribution in [3.63, 3.8) is 0 Å². The fourth-order valence-corrected chi connectivity index (χ4v) is 2.00. The molecule has 1 aromatic carbocycles. The van der Waals surface area contributed by atoms with E-state index in [1.807, 2.05) is 38.1 Å². The predicted molar refractivity (Wildman–Crippen MR) is 70.8 cm³/mol. The predicted octanol–water partition coefficient (Wildman–Crippen LogP) is 2.79. The monoisotopic (exact) mass is 243 g/mol. The number of benzene rings is 1. The first-order valence-corrected chi connectivity index (χ1v) is 5.87. The third kappa shape index (κ3) is 2.36. The Hall–Kier alpha value is -1.87. The van der Waals surface area contributed by atoms with Crippen molar-refractivity contribution in [2.24, 2.45) is 0 Å². The lowest BCUT2D eigenvalue weighted by molar-refractivity contribution is 0.212. The van der Waals surface area contributed by atoms with Gasteiger partial charge in [-0.15, -0.1) is 0 Å². The van der Waals surface area contributed by atoms with E-state index < -0.39 is 6.10 Å². The van der Waals surface area contributed by atoms with Crippen molar-refractivity contribution in [1.82, 2.24) is 4.98 Å². The second-order valence-electron chi connectivity index (χ2n) is 4.36. The van der Waals surface area contributed by atoms with Crippen molar-refractivity contribution in [2.45, 2.75) is 20.0 Å². The third-order valence-corrected chi connectivity index (χ3v) is 3.02. The van der Waals surface area contributed by atoms with Gasteiger partial charge in [0.15, 0.2) is 0 Å². The summed E-state index contributed by atoms with van der Waals surface area (Å²) < 4.78 is 5.19. The van der Waals surface area contributed by atoms with E-state index in [9.17, 15) is 5.11 Å². The molecule has 0 spiro atoms. The molecule has 1 N–H and O–H groups in total. The van der Waals surface area contributed by atoms with Crippen LogP contribution in [0.4, 0.5) is 0 Å². The van der Waals surface area contributed by atoms with Gasteiger partial charge in [0.05, 0.1) is 7.11 Å². The molecule has 1 unspecified atom stereocenters. The zero-order valence-corrected chi connectivity index (χ0v) is 10.8. The maximum absolute atomic E-state index is 10.5. The number of ether oxygens (including phenoxy) is 1. The van der Waals surface area contributed by atoms with E-state index in [0.29, 0.717) is 11.4 Å². The Morgan fingerprint density at radius 3 is 2.67 bits per heavy atom. The molecule has 2 rings (SSSR count). The Kier molecular flexibility index (Phi) is 3.63. The minimum Gasteiger partial charge on any atom is -0.481 e. The second kappa shape index (κ2) is 5.19. The van der Waals surface area contributed by atoms with Crippen molar-refractivity contribution in [3.8, 4) is 5.88 Å². The maximum atomic E-state index is 10.5. The highest BCUT2D eigenvalue weighted by Gasteiger charge is 2.17. The second-order valence-corrected chi connectivity index (χ2v) is 4.36. The number of nitrogens with zero attached hydrogens (tertiary/aromatic N) is 1. The number of aromatic nitrogens is 1. The number of hydrogen-bond acceptors (Lipinski definition) is 3. The van der Waals surface area contributed by atoms with Crippen LogP contribution in [-0.4, -0.2) is 17.2 Å². The van der Waals surface area contributed by atoms with Crippen LogP contribution in [0.3, 0.4) is 0 Å². The normalized spacial score (nSPS) is 12.2. The van der Waals surface area contributed by atoms with E-state index in [-0.39, 0.29) is 0 Å². The molecule has 0 saturated heterocycles. The van der Waals surface area contributed by atoms with Gasteiger partial charge in [0.2, 0.25) is 5.88 Å². The molecule has 0 aliphatic heterocycles. The van der Waals surface area contributed by atoms with Crippen LogP contribution in [-0.2, 0) is 0 Å². The van der Waals surface area contributed by atoms with Crippen molar-refractivity contribution in [2.75, 3.05) is 7.11 Å². The van der Waals surface area contributed by atoms with Crippen LogP contribution in [0.2, 0.25) is 0 Å². The lowest BCUT2D eigenvalue weighted by Gasteiger charge is -2.16. The average Bonchev–Trinajstić information content (AvgIpc) is 2.40. The number of methoxy groups -OCH3 is 1. The molecular weight excluding hydrogens is 226 g/mol. The first kappa shape index (κ1) is 12.6. The number of pyridine rings is 1. The van der Waals surface area contributed by atoms with Gasteiger partial charge in [-0.3, -0.25) is 0 Å². The molecule has 2 aromatic rings. The standard InChI is InChI=1S/C15H17NO2/c1-10-6-7-11(2)13(9-10)14(17)12-5-4-8-16-15(12)18-3/h4-9,14,17H,1-3H3. The Morgan fingerprint density at radius 2 is 1.94 bits per heavy atom. The number of aliphatic hydroxyl groups is 1. The summed E-state index contributed by atoms with van der Waals surface area (Å²) in [6.45, 7) is 4.00. The summed E-state index contributed by atoms with van der Waals surface area (Å²) in [5.74, 6) is 0.464. The molecule has 1 aromatic heterocycles. The summed E-state index contributed by atoms with van der Waals surface area (Å²) >= 11 is 0. The molecular formula is C15H17NO2. The number of aliphatic hydroxyl groups excluding tert-OH is 1. The molecule has 0 bridgehead atoms. The van der Waals surface area contributed by atoms with Gasteiger partial charge in [-0.1, -0.05) is 23.8 Å². The van der Waals surface area contributed by atoms with Crippen LogP contribution in [0.5, 0.6) is 5.88 Å². The summed E-state index contributed by atoms with van der Waals surface area (Å²) in [5, 5.41) is 10.5. The molecule has 0 radical (unpaired) electrons. The smallest absolute Gasteiger partial charge is 0.219 e. The lowest BCUT2D eigenvalue weighted by Crippen LogP contribution is -2.05. The van der Waals surface area contributed by atoms with Gasteiger partial charge in [0.25, 0.3) is 0 Å². The average molecular weight is 243 g/mol. The Morgan fingerprint density at radius 1 is 1.17 bits per heavy atom. The van der Waals surface area contributed by atoms with Crippen LogP contribution < -0.4 is 4.74 Å². The van der Waals surface area contributed by atoms with Gasteiger partial charge in [0, 0.05) is 11.8 Å². The van der Waals surface area contributed by atoms with Crippen molar-refractivity contribution >= 4 is 0 Å². The SMILES string of the molecule is COc1ncccc1C(O)c1cc(C)ccc1C. The highest BCUT2D eigenvalue weighted by molar-refractivity contribution is 5.40. The molecule has 0 fully saturated rings. The molecule has 18 heavy (non-hydrogen) atoms. The largest absolute Gasteiger partial charge is 0.481 e. The Balaban J connectivity index is 2.47. The number of rotatable bonds is 3. The van der Waals surface area contributed by atoms with E-state index in [0.717, 1.165) is 16.7 Å². The van der Waals surface area contributed by atoms with E-state index in [2.05, 4.69) is 4.98 Å². The summed E-state index contributed by atoms with van der Waals surface area (Å²) in [7, 11) is 1.56. The van der Waals surface area contributed by atoms with Gasteiger partial charge in [0.1, 0.15) is 6.10 Å². The van der Waals surface area contributed by atoms with Crippen LogP contribution >= 0.6 is 0 Å². The summed E-state index contributed by atoms with van der Waals surface area (Å²) in [5.41, 5.74) is 3.76. The molecule has 1 atom stereocenters. The highest BCUT2D eigenvalue weighted by atomic mass is 16.5. The van der Waals surface area contributed by atoms with Crippen molar-refractivity contribution < 1.29 is 9.84 Å². The van der Waals surface area contributed by atoms with E-state index in [4.69, 9.17) is 4.74 Å². The lowest BCUT2D eigenvalue weighted by atomic mass is 9.96. The Bertz CT molecular complexity index is 552. The minimum absolute atomic E-state index is 0.464. The minimum atomic E-state index is -0.714. The van der Waals surface area contributed by atoms with E-state index in [1.165, 1.54) is 0 Å². The highest BCUT2D eigenvalue weighted by Crippen LogP contribution is 2.30. The molecule has 3 heteroatoms. The van der Waals surface area contributed by atoms with Crippen molar-refractivity contribution in [1.29, 1.82) is 0 Å². The fraction of sp³-hybridized carbons (Fsp3) is 0.267. The van der Waals surface area contributed by atoms with Gasteiger partial charge in [-0.2, -0.15) is 0 Å². The number of hydrogen-bond donors (Lipinski definition) is 1. The summed E-state index contributed by atoms with van der Waals surface area (Å²) in [6.07, 6.45) is 0.937. The van der Waals surface area contributed by atoms with Crippen molar-refractivity contribution in [3.05, 3.63) is 58.8 Å². The van der Waals surface area contributed by atoms with Gasteiger partial charge >= 0.3 is 0 Å². The van der Waals surface area contributed by atoms with Gasteiger partial charge < -0.3 is 9.84 Å². The van der Waals surface area contributed by atoms with Crippen LogP contribution in [0.15, 0.2) is 36.5 Å². The quantitative estimate of drug-likeness (QED) is 0.901. The van der Waals surface area contributed by atoms with Crippen LogP contribution in [0.25, 0.3) is 0 Å². The zero-order valence-electron chi connectivity index (χ0n) is 10.8.